The third-order valence-corrected chi connectivity index (χ3v) is 16.4. The molecule has 2 unspecified atom stereocenters. The Morgan fingerprint density at radius 1 is 0.359 bits per heavy atom. The number of hydrogen-bond donors (Lipinski definition) is 3. The van der Waals surface area contributed by atoms with Crippen molar-refractivity contribution in [2.75, 3.05) is 13.2 Å². The lowest BCUT2D eigenvalue weighted by Crippen LogP contribution is -2.45. The molecule has 460 valence electrons. The molecule has 0 spiro atoms. The first-order chi connectivity index (χ1) is 38.5. The van der Waals surface area contributed by atoms with Crippen molar-refractivity contribution in [3.8, 4) is 0 Å². The summed E-state index contributed by atoms with van der Waals surface area (Å²) in [7, 11) is 0. The molecule has 0 fully saturated rings. The largest absolute Gasteiger partial charge is 0.466 e. The van der Waals surface area contributed by atoms with Crippen LogP contribution in [0, 0.1) is 0 Å². The number of allylic oxidation sites excluding steroid dienone is 6. The molecule has 0 rings (SSSR count). The normalized spacial score (nSPS) is 12.7. The molecule has 0 aliphatic heterocycles. The van der Waals surface area contributed by atoms with Crippen LogP contribution in [-0.4, -0.2) is 47.4 Å². The molecule has 1 amide bonds. The number of rotatable bonds is 66. The Hall–Kier alpha value is -1.92. The van der Waals surface area contributed by atoms with Gasteiger partial charge >= 0.3 is 5.97 Å². The zero-order valence-corrected chi connectivity index (χ0v) is 52.7. The molecule has 0 aromatic rings. The first kappa shape index (κ1) is 76.1. The summed E-state index contributed by atoms with van der Waals surface area (Å²) < 4.78 is 5.48. The summed E-state index contributed by atoms with van der Waals surface area (Å²) in [6, 6.07) is -0.549. The maximum atomic E-state index is 12.6. The number of esters is 1. The van der Waals surface area contributed by atoms with E-state index in [-0.39, 0.29) is 18.5 Å². The van der Waals surface area contributed by atoms with E-state index in [4.69, 9.17) is 4.74 Å². The Morgan fingerprint density at radius 2 is 0.641 bits per heavy atom. The van der Waals surface area contributed by atoms with Gasteiger partial charge in [-0.3, -0.25) is 9.59 Å². The molecule has 2 atom stereocenters. The number of carbonyl (C=O) groups is 2. The molecule has 0 aliphatic rings. The minimum atomic E-state index is -0.672. The third-order valence-electron chi connectivity index (χ3n) is 16.4. The number of hydrogen-bond acceptors (Lipinski definition) is 5. The van der Waals surface area contributed by atoms with Crippen molar-refractivity contribution in [1.82, 2.24) is 5.32 Å². The van der Waals surface area contributed by atoms with Crippen LogP contribution in [0.15, 0.2) is 36.5 Å². The van der Waals surface area contributed by atoms with Gasteiger partial charge in [0.15, 0.2) is 0 Å². The van der Waals surface area contributed by atoms with Gasteiger partial charge in [-0.15, -0.1) is 0 Å². The van der Waals surface area contributed by atoms with Crippen molar-refractivity contribution < 1.29 is 24.5 Å². The second kappa shape index (κ2) is 67.6. The average Bonchev–Trinajstić information content (AvgIpc) is 3.44. The highest BCUT2D eigenvalue weighted by Crippen LogP contribution is 2.19. The zero-order valence-electron chi connectivity index (χ0n) is 52.7. The predicted octanol–water partition coefficient (Wildman–Crippen LogP) is 22.7. The summed E-state index contributed by atoms with van der Waals surface area (Å²) in [6.07, 6.45) is 86.1. The Bertz CT molecular complexity index is 1260. The molecule has 0 saturated heterocycles. The van der Waals surface area contributed by atoms with Crippen LogP contribution in [0.3, 0.4) is 0 Å². The minimum absolute atomic E-state index is 0.00452. The smallest absolute Gasteiger partial charge is 0.305 e. The number of nitrogens with one attached hydrogen (secondary N) is 1. The van der Waals surface area contributed by atoms with Gasteiger partial charge < -0.3 is 20.3 Å². The van der Waals surface area contributed by atoms with Crippen LogP contribution in [0.5, 0.6) is 0 Å². The van der Waals surface area contributed by atoms with Crippen LogP contribution in [0.1, 0.15) is 386 Å². The predicted molar refractivity (Wildman–Crippen MR) is 343 cm³/mol. The van der Waals surface area contributed by atoms with Crippen LogP contribution < -0.4 is 5.32 Å². The van der Waals surface area contributed by atoms with Crippen molar-refractivity contribution in [2.24, 2.45) is 0 Å². The minimum Gasteiger partial charge on any atom is -0.466 e. The number of amides is 1. The van der Waals surface area contributed by atoms with E-state index in [9.17, 15) is 19.8 Å². The Balaban J connectivity index is 3.43. The Kier molecular flexibility index (Phi) is 65.9. The van der Waals surface area contributed by atoms with E-state index in [1.807, 2.05) is 0 Å². The van der Waals surface area contributed by atoms with Crippen molar-refractivity contribution in [2.45, 2.75) is 398 Å². The Morgan fingerprint density at radius 3 is 1.00 bits per heavy atom. The lowest BCUT2D eigenvalue weighted by Gasteiger charge is -2.22. The number of aliphatic hydroxyl groups is 2. The first-order valence-corrected chi connectivity index (χ1v) is 35.2. The second-order valence-electron chi connectivity index (χ2n) is 24.2. The fraction of sp³-hybridized carbons (Fsp3) is 0.889. The third kappa shape index (κ3) is 63.3. The molecular weight excluding hydrogens is 959 g/mol. The van der Waals surface area contributed by atoms with Gasteiger partial charge in [0, 0.05) is 12.8 Å². The molecule has 78 heavy (non-hydrogen) atoms. The van der Waals surface area contributed by atoms with E-state index >= 15 is 0 Å². The van der Waals surface area contributed by atoms with E-state index in [0.717, 1.165) is 51.4 Å². The highest BCUT2D eigenvalue weighted by atomic mass is 16.5. The molecular formula is C72H137NO5. The number of unbranched alkanes of at least 4 members (excludes halogenated alkanes) is 49. The molecule has 0 heterocycles. The quantitative estimate of drug-likeness (QED) is 0.0320. The lowest BCUT2D eigenvalue weighted by molar-refractivity contribution is -0.143. The summed E-state index contributed by atoms with van der Waals surface area (Å²) >= 11 is 0. The van der Waals surface area contributed by atoms with Gasteiger partial charge in [0.2, 0.25) is 5.91 Å². The molecule has 0 aromatic heterocycles. The van der Waals surface area contributed by atoms with Crippen LogP contribution in [0.25, 0.3) is 0 Å². The summed E-state index contributed by atoms with van der Waals surface area (Å²) in [6.45, 7) is 4.95. The summed E-state index contributed by atoms with van der Waals surface area (Å²) in [5.41, 5.74) is 0. The van der Waals surface area contributed by atoms with Gasteiger partial charge in [0.1, 0.15) is 0 Å². The van der Waals surface area contributed by atoms with Gasteiger partial charge in [-0.1, -0.05) is 326 Å². The first-order valence-electron chi connectivity index (χ1n) is 35.2. The van der Waals surface area contributed by atoms with Crippen molar-refractivity contribution >= 4 is 11.9 Å². The number of aliphatic hydroxyl groups excluding tert-OH is 2. The van der Waals surface area contributed by atoms with Crippen molar-refractivity contribution in [1.29, 1.82) is 0 Å². The van der Waals surface area contributed by atoms with Gasteiger partial charge in [-0.2, -0.15) is 0 Å². The highest BCUT2D eigenvalue weighted by molar-refractivity contribution is 5.76. The number of carbonyl (C=O) groups excluding carboxylic acids is 2. The standard InChI is InChI=1S/C72H137NO5/c1-3-5-7-9-11-13-15-17-19-21-22-23-24-25-27-30-33-36-40-44-48-52-56-60-64-70(75)69(68-74)73-71(76)65-61-57-53-49-45-41-37-34-31-28-26-29-32-35-39-43-47-51-55-59-63-67-78-72(77)66-62-58-54-50-46-42-38-20-18-16-14-12-10-8-6-4-2/h14,16,20,28,31,38,69-70,74-75H,3-13,15,17-19,21-27,29-30,32-37,39-68H2,1-2H3,(H,73,76)/b16-14-,31-28-,38-20-. The highest BCUT2D eigenvalue weighted by Gasteiger charge is 2.20. The maximum Gasteiger partial charge on any atom is 0.305 e. The van der Waals surface area contributed by atoms with Gasteiger partial charge in [0.05, 0.1) is 25.4 Å². The van der Waals surface area contributed by atoms with E-state index < -0.39 is 12.1 Å². The van der Waals surface area contributed by atoms with Gasteiger partial charge in [-0.25, -0.2) is 0 Å². The van der Waals surface area contributed by atoms with Crippen molar-refractivity contribution in [3.05, 3.63) is 36.5 Å². The fourth-order valence-electron chi connectivity index (χ4n) is 11.0. The van der Waals surface area contributed by atoms with Crippen LogP contribution >= 0.6 is 0 Å². The van der Waals surface area contributed by atoms with Gasteiger partial charge in [0.25, 0.3) is 0 Å². The Labute approximate surface area is 487 Å². The maximum absolute atomic E-state index is 12.6. The summed E-state index contributed by atoms with van der Waals surface area (Å²) in [5, 5.41) is 23.4. The van der Waals surface area contributed by atoms with Crippen LogP contribution in [0.4, 0.5) is 0 Å². The average molecular weight is 1100 g/mol. The molecule has 6 nitrogen and oxygen atoms in total. The SMILES string of the molecule is CCCCCC/C=C\C/C=C\CCCCCCCC(=O)OCCCCCCCCCCCC/C=C\CCCCCCCCCC(=O)NC(CO)C(O)CCCCCCCCCCCCCCCCCCCCCCCCCC. The van der Waals surface area contributed by atoms with Gasteiger partial charge in [-0.05, 0) is 83.5 Å². The molecule has 6 heteroatoms. The molecule has 0 aliphatic carbocycles. The topological polar surface area (TPSA) is 95.9 Å². The summed E-state index contributed by atoms with van der Waals surface area (Å²) in [4.78, 5) is 24.6. The molecule has 0 saturated carbocycles. The molecule has 0 bridgehead atoms. The second-order valence-corrected chi connectivity index (χ2v) is 24.2. The molecule has 3 N–H and O–H groups in total. The molecule has 0 aromatic carbocycles. The van der Waals surface area contributed by atoms with Crippen molar-refractivity contribution in [3.63, 3.8) is 0 Å². The van der Waals surface area contributed by atoms with E-state index in [1.54, 1.807) is 0 Å². The summed E-state index contributed by atoms with van der Waals surface area (Å²) in [5.74, 6) is -0.0435. The number of ether oxygens (including phenoxy) is 1. The monoisotopic (exact) mass is 1100 g/mol. The lowest BCUT2D eigenvalue weighted by atomic mass is 10.0. The molecule has 0 radical (unpaired) electrons. The van der Waals surface area contributed by atoms with E-state index in [1.165, 1.54) is 302 Å². The van der Waals surface area contributed by atoms with E-state index in [0.29, 0.717) is 25.9 Å². The van der Waals surface area contributed by atoms with Crippen LogP contribution in [-0.2, 0) is 14.3 Å². The fourth-order valence-corrected chi connectivity index (χ4v) is 11.0. The van der Waals surface area contributed by atoms with E-state index in [2.05, 4.69) is 55.6 Å². The van der Waals surface area contributed by atoms with Crippen LogP contribution in [0.2, 0.25) is 0 Å². The zero-order chi connectivity index (χ0) is 56.4.